The summed E-state index contributed by atoms with van der Waals surface area (Å²) in [6.45, 7) is 0.118. The number of nitrogens with zero attached hydrogens (tertiary/aromatic N) is 2. The molecule has 21 heteroatoms. The van der Waals surface area contributed by atoms with Crippen LogP contribution in [0.15, 0.2) is 94.3 Å². The molecule has 8 N–H and O–H groups in total. The van der Waals surface area contributed by atoms with Crippen molar-refractivity contribution in [1.82, 2.24) is 5.32 Å². The predicted octanol–water partition coefficient (Wildman–Crippen LogP) is 1.61. The topological polar surface area (TPSA) is 260 Å². The van der Waals surface area contributed by atoms with Crippen molar-refractivity contribution in [3.63, 3.8) is 0 Å². The summed E-state index contributed by atoms with van der Waals surface area (Å²) in [5, 5.41) is 60.7. The standard InChI is InChI=1S/C22H26N2O7S.C12H14O5S.C10H12N2O2.ClH/c1-24-15-5-3-4-6-17(15)31-11-14(22(24)29)23-21(28)20(30-2)19(27)18(26)16(25)8-7-13-9-10-32-12-13;1-16-11-9(14)10(17-12(11)15)8(13)3-2-7-4-5-18-6-7;1-12-8-4-2-3-5-9(8)14-6-7(11)10(12)13;/h3-10,12,14,16,18-20,25-27H,11H2,1-2H3,(H,23,28);2-6,8-11,13-14H,1H3;2-5,7H,6,11H2,1H3;1H/b8-7+;3-2+;;/t14-,16+,18-,19+,20+;8-,9-,10+,11-;7-;/m010./s1. The second-order valence-corrected chi connectivity index (χ2v) is 16.1. The molecule has 18 nitrogen and oxygen atoms in total. The number of amides is 3. The number of esters is 1. The maximum atomic E-state index is 12.8. The third-order valence-corrected chi connectivity index (χ3v) is 11.6. The van der Waals surface area contributed by atoms with Crippen LogP contribution in [0.4, 0.5) is 11.4 Å². The Morgan fingerprint density at radius 1 is 0.815 bits per heavy atom. The first-order valence-electron chi connectivity index (χ1n) is 19.8. The number of methoxy groups -OCH3 is 2. The van der Waals surface area contributed by atoms with Crippen molar-refractivity contribution < 1.29 is 68.4 Å². The molecule has 7 rings (SSSR count). The van der Waals surface area contributed by atoms with E-state index in [1.54, 1.807) is 61.8 Å². The van der Waals surface area contributed by atoms with Gasteiger partial charge in [0.05, 0.1) is 11.4 Å². The lowest BCUT2D eigenvalue weighted by atomic mass is 10.0. The van der Waals surface area contributed by atoms with Gasteiger partial charge in [-0.2, -0.15) is 22.7 Å². The first-order chi connectivity index (χ1) is 30.7. The zero-order chi connectivity index (χ0) is 46.5. The van der Waals surface area contributed by atoms with E-state index in [9.17, 15) is 44.7 Å². The van der Waals surface area contributed by atoms with Gasteiger partial charge in [-0.15, -0.1) is 12.4 Å². The molecule has 0 bridgehead atoms. The summed E-state index contributed by atoms with van der Waals surface area (Å²) >= 11 is 3.01. The Kier molecular flexibility index (Phi) is 20.1. The lowest BCUT2D eigenvalue weighted by Gasteiger charge is -2.28. The van der Waals surface area contributed by atoms with Gasteiger partial charge in [-0.1, -0.05) is 48.6 Å². The monoisotopic (exact) mass is 960 g/mol. The van der Waals surface area contributed by atoms with Gasteiger partial charge >= 0.3 is 5.97 Å². The van der Waals surface area contributed by atoms with Crippen molar-refractivity contribution in [3.05, 3.63) is 105 Å². The third-order valence-electron chi connectivity index (χ3n) is 10.2. The van der Waals surface area contributed by atoms with Gasteiger partial charge in [-0.3, -0.25) is 14.4 Å². The van der Waals surface area contributed by atoms with Crippen LogP contribution in [0.1, 0.15) is 11.1 Å². The Morgan fingerprint density at radius 2 is 1.35 bits per heavy atom. The van der Waals surface area contributed by atoms with E-state index in [-0.39, 0.29) is 31.5 Å². The molecule has 0 saturated carbocycles. The first-order valence-corrected chi connectivity index (χ1v) is 21.7. The average Bonchev–Trinajstić information content (AvgIpc) is 4.07. The van der Waals surface area contributed by atoms with E-state index in [0.29, 0.717) is 17.2 Å². The molecule has 0 spiro atoms. The number of fused-ring (bicyclic) bond motifs is 2. The molecule has 65 heavy (non-hydrogen) atoms. The number of hydrogen-bond donors (Lipinski definition) is 7. The highest BCUT2D eigenvalue weighted by atomic mass is 35.5. The van der Waals surface area contributed by atoms with Gasteiger partial charge in [0.15, 0.2) is 18.3 Å². The first kappa shape index (κ1) is 52.4. The van der Waals surface area contributed by atoms with E-state index in [2.05, 4.69) is 5.32 Å². The smallest absolute Gasteiger partial charge is 0.338 e. The molecule has 5 heterocycles. The van der Waals surface area contributed by atoms with Gasteiger partial charge in [0.25, 0.3) is 11.8 Å². The van der Waals surface area contributed by atoms with E-state index < -0.39 is 78.7 Å². The number of thiophene rings is 2. The molecule has 0 aliphatic carbocycles. The number of carbonyl (C=O) groups excluding carboxylic acids is 4. The summed E-state index contributed by atoms with van der Waals surface area (Å²) in [7, 11) is 5.76. The molecular weight excluding hydrogens is 908 g/mol. The Bertz CT molecular complexity index is 2210. The number of ether oxygens (including phenoxy) is 5. The van der Waals surface area contributed by atoms with Crippen molar-refractivity contribution in [2.24, 2.45) is 5.73 Å². The molecule has 2 aromatic heterocycles. The van der Waals surface area contributed by atoms with Gasteiger partial charge in [-0.05, 0) is 69.0 Å². The van der Waals surface area contributed by atoms with Crippen LogP contribution in [-0.4, -0.2) is 152 Å². The molecule has 0 radical (unpaired) electrons. The van der Waals surface area contributed by atoms with Crippen molar-refractivity contribution in [2.45, 2.75) is 60.9 Å². The number of para-hydroxylation sites is 4. The van der Waals surface area contributed by atoms with Crippen LogP contribution in [0.25, 0.3) is 12.2 Å². The number of benzene rings is 2. The Morgan fingerprint density at radius 3 is 1.88 bits per heavy atom. The number of aliphatic hydroxyl groups is 5. The zero-order valence-electron chi connectivity index (χ0n) is 35.7. The fourth-order valence-electron chi connectivity index (χ4n) is 6.54. The maximum absolute atomic E-state index is 12.8. The van der Waals surface area contributed by atoms with Crippen molar-refractivity contribution >= 4 is 82.3 Å². The molecule has 3 amide bonds. The van der Waals surface area contributed by atoms with E-state index in [4.69, 9.17) is 29.4 Å². The molecule has 2 aromatic carbocycles. The second kappa shape index (κ2) is 24.9. The molecule has 0 unspecified atom stereocenters. The lowest BCUT2D eigenvalue weighted by Crippen LogP contribution is -2.56. The number of hydrogen-bond acceptors (Lipinski definition) is 17. The summed E-state index contributed by atoms with van der Waals surface area (Å²) in [6.07, 6.45) is -4.57. The molecule has 3 aliphatic rings. The fourth-order valence-corrected chi connectivity index (χ4v) is 7.80. The summed E-state index contributed by atoms with van der Waals surface area (Å²) < 4.78 is 25.8. The van der Waals surface area contributed by atoms with Crippen LogP contribution >= 0.6 is 35.1 Å². The minimum Gasteiger partial charge on any atom is -0.489 e. The SMILES string of the molecule is CN1C(=O)[C@@H](N)COc2ccccc21.CO[C@@H](C(=O)N[C@H]1COc2ccccc2N(C)C1=O)[C@H](O)[C@@H](O)[C@H](O)/C=C/c1ccsc1.CO[C@H]1C(=O)O[C@@H]([C@H](O)/C=C/c2ccsc2)[C@H]1O.Cl. The van der Waals surface area contributed by atoms with Crippen molar-refractivity contribution in [3.8, 4) is 11.5 Å². The largest absolute Gasteiger partial charge is 0.489 e. The molecule has 10 atom stereocenters. The number of cyclic esters (lactones) is 1. The lowest BCUT2D eigenvalue weighted by molar-refractivity contribution is -0.151. The molecule has 4 aromatic rings. The fraction of sp³-hybridized carbons (Fsp3) is 0.364. The second-order valence-electron chi connectivity index (χ2n) is 14.5. The number of rotatable bonds is 12. The number of anilines is 2. The summed E-state index contributed by atoms with van der Waals surface area (Å²) in [5.41, 5.74) is 8.74. The minimum absolute atomic E-state index is 0. The van der Waals surface area contributed by atoms with Crippen LogP contribution in [0, 0.1) is 0 Å². The number of nitrogens with one attached hydrogen (secondary N) is 1. The van der Waals surface area contributed by atoms with E-state index in [1.165, 1.54) is 47.5 Å². The van der Waals surface area contributed by atoms with Crippen LogP contribution < -0.4 is 30.3 Å². The van der Waals surface area contributed by atoms with Gasteiger partial charge in [0.1, 0.15) is 67.3 Å². The van der Waals surface area contributed by atoms with Crippen LogP contribution in [-0.2, 0) is 33.4 Å². The number of carbonyl (C=O) groups is 4. The Labute approximate surface area is 389 Å². The van der Waals surface area contributed by atoms with Gasteiger partial charge in [0.2, 0.25) is 5.91 Å². The highest BCUT2D eigenvalue weighted by Crippen LogP contribution is 2.31. The Hall–Kier alpha value is -5.23. The molecule has 3 aliphatic heterocycles. The summed E-state index contributed by atoms with van der Waals surface area (Å²) in [5.74, 6) is -0.801. The maximum Gasteiger partial charge on any atom is 0.338 e. The number of halogens is 1. The van der Waals surface area contributed by atoms with Gasteiger partial charge in [0, 0.05) is 28.3 Å². The highest BCUT2D eigenvalue weighted by Gasteiger charge is 2.47. The Balaban J connectivity index is 0.000000235. The number of nitrogens with two attached hydrogens (primary N) is 1. The summed E-state index contributed by atoms with van der Waals surface area (Å²) in [6, 6.07) is 16.5. The predicted molar refractivity (Wildman–Crippen MR) is 246 cm³/mol. The van der Waals surface area contributed by atoms with Crippen LogP contribution in [0.2, 0.25) is 0 Å². The minimum atomic E-state index is -1.75. The van der Waals surface area contributed by atoms with Crippen molar-refractivity contribution in [2.75, 3.05) is 51.3 Å². The van der Waals surface area contributed by atoms with Crippen molar-refractivity contribution in [1.29, 1.82) is 0 Å². The van der Waals surface area contributed by atoms with E-state index in [1.807, 2.05) is 57.9 Å². The molecule has 1 saturated heterocycles. The molecular formula is C44H53ClN4O14S2. The quantitative estimate of drug-likeness (QED) is 0.0996. The number of aliphatic hydroxyl groups excluding tert-OH is 5. The van der Waals surface area contributed by atoms with Gasteiger partial charge in [-0.25, -0.2) is 4.79 Å². The molecule has 1 fully saturated rings. The zero-order valence-corrected chi connectivity index (χ0v) is 38.1. The normalized spacial score (nSPS) is 22.7. The van der Waals surface area contributed by atoms with Gasteiger partial charge < -0.3 is 70.1 Å². The highest BCUT2D eigenvalue weighted by molar-refractivity contribution is 7.08. The summed E-state index contributed by atoms with van der Waals surface area (Å²) in [4.78, 5) is 51.4. The average molecular weight is 962 g/mol. The third kappa shape index (κ3) is 13.4. The van der Waals surface area contributed by atoms with E-state index >= 15 is 0 Å². The molecule has 352 valence electrons. The number of likely N-dealkylation sites (N-methyl/N-ethyl adjacent to an activating group) is 2. The van der Waals surface area contributed by atoms with Crippen LogP contribution in [0.3, 0.4) is 0 Å². The van der Waals surface area contributed by atoms with Crippen LogP contribution in [0.5, 0.6) is 11.5 Å². The van der Waals surface area contributed by atoms with E-state index in [0.717, 1.165) is 16.8 Å².